The number of piperidine rings is 2. The highest BCUT2D eigenvalue weighted by atomic mass is 16.5. The summed E-state index contributed by atoms with van der Waals surface area (Å²) < 4.78 is 5.40. The molecule has 0 spiro atoms. The second kappa shape index (κ2) is 8.14. The molecule has 0 unspecified atom stereocenters. The van der Waals surface area contributed by atoms with Gasteiger partial charge in [-0.25, -0.2) is 0 Å². The number of rotatable bonds is 3. The molecule has 1 N–H and O–H groups in total. The Morgan fingerprint density at radius 2 is 1.93 bits per heavy atom. The molecule has 7 nitrogen and oxygen atoms in total. The van der Waals surface area contributed by atoms with Crippen molar-refractivity contribution >= 4 is 17.7 Å². The Morgan fingerprint density at radius 1 is 1.17 bits per heavy atom. The lowest BCUT2D eigenvalue weighted by Crippen LogP contribution is -2.68. The summed E-state index contributed by atoms with van der Waals surface area (Å²) >= 11 is 0. The topological polar surface area (TPSA) is 79.0 Å². The normalized spacial score (nSPS) is 27.2. The molecule has 3 fully saturated rings. The summed E-state index contributed by atoms with van der Waals surface area (Å²) in [5.41, 5.74) is 1.38. The lowest BCUT2D eigenvalue weighted by molar-refractivity contribution is -0.159. The zero-order valence-corrected chi connectivity index (χ0v) is 17.0. The van der Waals surface area contributed by atoms with Crippen LogP contribution in [0.5, 0.6) is 0 Å². The Kier molecular flexibility index (Phi) is 5.58. The van der Waals surface area contributed by atoms with E-state index in [-0.39, 0.29) is 23.8 Å². The van der Waals surface area contributed by atoms with Crippen molar-refractivity contribution in [1.82, 2.24) is 15.1 Å². The molecule has 0 aliphatic carbocycles. The molecule has 0 aromatic heterocycles. The first-order valence-electron chi connectivity index (χ1n) is 10.5. The van der Waals surface area contributed by atoms with Gasteiger partial charge in [-0.15, -0.1) is 0 Å². The Labute approximate surface area is 171 Å². The molecule has 3 aliphatic rings. The molecule has 156 valence electrons. The fourth-order valence-electron chi connectivity index (χ4n) is 4.86. The first-order chi connectivity index (χ1) is 14.0. The Morgan fingerprint density at radius 3 is 2.69 bits per heavy atom. The highest BCUT2D eigenvalue weighted by Gasteiger charge is 2.54. The molecule has 0 bridgehead atoms. The molecule has 1 aromatic rings. The molecule has 0 saturated carbocycles. The van der Waals surface area contributed by atoms with E-state index < -0.39 is 5.41 Å². The van der Waals surface area contributed by atoms with Gasteiger partial charge in [0.05, 0.1) is 25.0 Å². The van der Waals surface area contributed by atoms with Gasteiger partial charge in [-0.3, -0.25) is 14.4 Å². The predicted octanol–water partition coefficient (Wildman–Crippen LogP) is 0.894. The Balaban J connectivity index is 1.55. The maximum absolute atomic E-state index is 13.6. The predicted molar refractivity (Wildman–Crippen MR) is 107 cm³/mol. The quantitative estimate of drug-likeness (QED) is 0.819. The van der Waals surface area contributed by atoms with Gasteiger partial charge in [0.25, 0.3) is 0 Å². The number of carbonyl (C=O) groups is 3. The number of benzene rings is 1. The highest BCUT2D eigenvalue weighted by molar-refractivity contribution is 5.89. The lowest BCUT2D eigenvalue weighted by Gasteiger charge is -2.51. The van der Waals surface area contributed by atoms with Crippen molar-refractivity contribution in [1.29, 1.82) is 0 Å². The molecule has 29 heavy (non-hydrogen) atoms. The second-order valence-corrected chi connectivity index (χ2v) is 8.39. The fourth-order valence-corrected chi connectivity index (χ4v) is 4.86. The molecule has 4 rings (SSSR count). The number of carbonyl (C=O) groups excluding carboxylic acids is 3. The van der Waals surface area contributed by atoms with Crippen LogP contribution in [0.25, 0.3) is 0 Å². The van der Waals surface area contributed by atoms with E-state index in [1.54, 1.807) is 0 Å². The number of likely N-dealkylation sites (tertiary alicyclic amines) is 1. The number of morpholine rings is 1. The third-order valence-electron chi connectivity index (χ3n) is 6.64. The van der Waals surface area contributed by atoms with Gasteiger partial charge in [-0.05, 0) is 30.9 Å². The molecule has 2 atom stereocenters. The van der Waals surface area contributed by atoms with Crippen LogP contribution in [-0.4, -0.2) is 73.0 Å². The van der Waals surface area contributed by atoms with E-state index in [4.69, 9.17) is 4.74 Å². The van der Waals surface area contributed by atoms with Crippen LogP contribution in [0, 0.1) is 12.3 Å². The Bertz CT molecular complexity index is 805. The second-order valence-electron chi connectivity index (χ2n) is 8.39. The first kappa shape index (κ1) is 19.9. The molecule has 3 aliphatic heterocycles. The number of hydrogen-bond donors (Lipinski definition) is 1. The molecule has 3 saturated heterocycles. The van der Waals surface area contributed by atoms with Crippen LogP contribution in [0.3, 0.4) is 0 Å². The number of amides is 3. The van der Waals surface area contributed by atoms with E-state index >= 15 is 0 Å². The standard InChI is InChI=1S/C22H29N3O4/c1-16-4-2-3-5-17(16)14-20(27)25-9-7-18-22(15-25,8-6-19(26)23-18)21(28)24-10-12-29-13-11-24/h2-5,18H,6-15H2,1H3,(H,23,26)/t18-,22+/m1/s1. The van der Waals surface area contributed by atoms with E-state index in [0.717, 1.165) is 11.1 Å². The van der Waals surface area contributed by atoms with E-state index in [2.05, 4.69) is 5.32 Å². The highest BCUT2D eigenvalue weighted by Crippen LogP contribution is 2.40. The SMILES string of the molecule is Cc1ccccc1CC(=O)N1CC[C@H]2NC(=O)CC[C@]2(C(=O)N2CCOCC2)C1. The molecular weight excluding hydrogens is 370 g/mol. The van der Waals surface area contributed by atoms with Crippen LogP contribution in [0.1, 0.15) is 30.4 Å². The average Bonchev–Trinajstić information content (AvgIpc) is 2.75. The van der Waals surface area contributed by atoms with Gasteiger partial charge < -0.3 is 19.9 Å². The number of fused-ring (bicyclic) bond motifs is 1. The molecular formula is C22H29N3O4. The van der Waals surface area contributed by atoms with Crippen LogP contribution in [-0.2, 0) is 25.5 Å². The van der Waals surface area contributed by atoms with Crippen molar-refractivity contribution in [3.63, 3.8) is 0 Å². The van der Waals surface area contributed by atoms with Gasteiger partial charge in [-0.1, -0.05) is 24.3 Å². The van der Waals surface area contributed by atoms with Crippen molar-refractivity contribution in [2.24, 2.45) is 5.41 Å². The molecule has 7 heteroatoms. The molecule has 0 radical (unpaired) electrons. The number of nitrogens with one attached hydrogen (secondary N) is 1. The maximum Gasteiger partial charge on any atom is 0.232 e. The first-order valence-corrected chi connectivity index (χ1v) is 10.5. The van der Waals surface area contributed by atoms with Crippen molar-refractivity contribution in [3.8, 4) is 0 Å². The van der Waals surface area contributed by atoms with Gasteiger partial charge in [0.15, 0.2) is 0 Å². The zero-order chi connectivity index (χ0) is 20.4. The smallest absolute Gasteiger partial charge is 0.232 e. The number of aryl methyl sites for hydroxylation is 1. The number of ether oxygens (including phenoxy) is 1. The summed E-state index contributed by atoms with van der Waals surface area (Å²) in [5, 5.41) is 3.04. The van der Waals surface area contributed by atoms with E-state index in [0.29, 0.717) is 65.1 Å². The maximum atomic E-state index is 13.6. The van der Waals surface area contributed by atoms with E-state index in [9.17, 15) is 14.4 Å². The van der Waals surface area contributed by atoms with Crippen LogP contribution in [0.2, 0.25) is 0 Å². The van der Waals surface area contributed by atoms with Gasteiger partial charge in [0.1, 0.15) is 0 Å². The van der Waals surface area contributed by atoms with E-state index in [1.165, 1.54) is 0 Å². The van der Waals surface area contributed by atoms with Crippen LogP contribution in [0.15, 0.2) is 24.3 Å². The van der Waals surface area contributed by atoms with Crippen molar-refractivity contribution in [2.45, 2.75) is 38.6 Å². The molecule has 3 heterocycles. The largest absolute Gasteiger partial charge is 0.378 e. The monoisotopic (exact) mass is 399 g/mol. The van der Waals surface area contributed by atoms with E-state index in [1.807, 2.05) is 41.0 Å². The molecule has 3 amide bonds. The van der Waals surface area contributed by atoms with Crippen LogP contribution in [0.4, 0.5) is 0 Å². The average molecular weight is 399 g/mol. The van der Waals surface area contributed by atoms with Crippen LogP contribution < -0.4 is 5.32 Å². The summed E-state index contributed by atoms with van der Waals surface area (Å²) in [7, 11) is 0. The third-order valence-corrected chi connectivity index (χ3v) is 6.64. The minimum absolute atomic E-state index is 0.0000828. The van der Waals surface area contributed by atoms with Crippen LogP contribution >= 0.6 is 0 Å². The molecule has 1 aromatic carbocycles. The van der Waals surface area contributed by atoms with Gasteiger partial charge in [-0.2, -0.15) is 0 Å². The van der Waals surface area contributed by atoms with Gasteiger partial charge >= 0.3 is 0 Å². The minimum Gasteiger partial charge on any atom is -0.378 e. The zero-order valence-electron chi connectivity index (χ0n) is 17.0. The summed E-state index contributed by atoms with van der Waals surface area (Å²) in [6.45, 7) is 5.15. The summed E-state index contributed by atoms with van der Waals surface area (Å²) in [4.78, 5) is 42.4. The van der Waals surface area contributed by atoms with Crippen molar-refractivity contribution in [2.75, 3.05) is 39.4 Å². The van der Waals surface area contributed by atoms with Gasteiger partial charge in [0, 0.05) is 38.6 Å². The fraction of sp³-hybridized carbons (Fsp3) is 0.591. The summed E-state index contributed by atoms with van der Waals surface area (Å²) in [5.74, 6) is 0.100. The number of nitrogens with zero attached hydrogens (tertiary/aromatic N) is 2. The van der Waals surface area contributed by atoms with Gasteiger partial charge in [0.2, 0.25) is 17.7 Å². The summed E-state index contributed by atoms with van der Waals surface area (Å²) in [6.07, 6.45) is 1.77. The summed E-state index contributed by atoms with van der Waals surface area (Å²) in [6, 6.07) is 7.70. The van der Waals surface area contributed by atoms with Crippen molar-refractivity contribution in [3.05, 3.63) is 35.4 Å². The minimum atomic E-state index is -0.731. The van der Waals surface area contributed by atoms with Crippen molar-refractivity contribution < 1.29 is 19.1 Å². The lowest BCUT2D eigenvalue weighted by atomic mass is 9.68. The Hall–Kier alpha value is -2.41. The number of hydrogen-bond acceptors (Lipinski definition) is 4. The third kappa shape index (κ3) is 3.88.